The summed E-state index contributed by atoms with van der Waals surface area (Å²) in [6, 6.07) is 4.63. The Hall–Kier alpha value is -2.57. The van der Waals surface area contributed by atoms with E-state index < -0.39 is 23.3 Å². The van der Waals surface area contributed by atoms with Crippen molar-refractivity contribution >= 4 is 23.5 Å². The van der Waals surface area contributed by atoms with Gasteiger partial charge in [-0.15, -0.1) is 0 Å². The maximum absolute atomic E-state index is 12.6. The molecule has 1 aromatic carbocycles. The monoisotopic (exact) mass is 363 g/mol. The molecule has 0 heterocycles. The Balaban J connectivity index is 2.20. The number of rotatable bonds is 6. The minimum absolute atomic E-state index is 0.116. The number of methoxy groups -OCH3 is 2. The van der Waals surface area contributed by atoms with Crippen molar-refractivity contribution in [1.82, 2.24) is 0 Å². The molecule has 0 saturated heterocycles. The topological polar surface area (TPSA) is 102 Å². The van der Waals surface area contributed by atoms with Crippen molar-refractivity contribution in [1.29, 1.82) is 0 Å². The lowest BCUT2D eigenvalue weighted by molar-refractivity contribution is -0.152. The molecule has 0 bridgehead atoms. The van der Waals surface area contributed by atoms with E-state index in [4.69, 9.17) is 9.47 Å². The van der Waals surface area contributed by atoms with Crippen LogP contribution in [0.2, 0.25) is 0 Å². The second-order valence-electron chi connectivity index (χ2n) is 6.63. The number of carbonyl (C=O) groups excluding carboxylic acids is 2. The highest BCUT2D eigenvalue weighted by molar-refractivity contribution is 6.02. The molecule has 2 N–H and O–H groups in total. The van der Waals surface area contributed by atoms with Gasteiger partial charge in [0.1, 0.15) is 5.75 Å². The maximum Gasteiger partial charge on any atom is 0.340 e. The second-order valence-corrected chi connectivity index (χ2v) is 6.63. The van der Waals surface area contributed by atoms with Crippen LogP contribution in [0.3, 0.4) is 0 Å². The van der Waals surface area contributed by atoms with Gasteiger partial charge in [0.2, 0.25) is 5.91 Å². The first kappa shape index (κ1) is 19.8. The van der Waals surface area contributed by atoms with E-state index in [1.807, 2.05) is 0 Å². The first-order valence-electron chi connectivity index (χ1n) is 8.71. The second kappa shape index (κ2) is 8.69. The molecule has 1 fully saturated rings. The van der Waals surface area contributed by atoms with Crippen molar-refractivity contribution in [2.75, 3.05) is 19.5 Å². The zero-order valence-electron chi connectivity index (χ0n) is 15.2. The van der Waals surface area contributed by atoms with Gasteiger partial charge in [-0.1, -0.05) is 25.7 Å². The number of carboxylic acids is 1. The molecular weight excluding hydrogens is 338 g/mol. The Morgan fingerprint density at radius 1 is 1.12 bits per heavy atom. The lowest BCUT2D eigenvalue weighted by Gasteiger charge is -2.27. The molecule has 26 heavy (non-hydrogen) atoms. The van der Waals surface area contributed by atoms with Gasteiger partial charge in [-0.3, -0.25) is 9.59 Å². The van der Waals surface area contributed by atoms with Crippen LogP contribution in [-0.2, 0) is 14.3 Å². The molecule has 0 aliphatic heterocycles. The van der Waals surface area contributed by atoms with Gasteiger partial charge in [-0.25, -0.2) is 4.79 Å². The van der Waals surface area contributed by atoms with Gasteiger partial charge in [-0.05, 0) is 31.0 Å². The molecule has 0 aromatic heterocycles. The predicted molar refractivity (Wildman–Crippen MR) is 95.4 cm³/mol. The normalized spacial score (nSPS) is 16.2. The largest absolute Gasteiger partial charge is 0.497 e. The SMILES string of the molecule is COC(=O)c1cc(OC)ccc1NC(=O)CC1(C(=O)O)CCCCCC1. The van der Waals surface area contributed by atoms with Crippen molar-refractivity contribution < 1.29 is 29.0 Å². The molecule has 1 amide bonds. The van der Waals surface area contributed by atoms with Gasteiger partial charge in [-0.2, -0.15) is 0 Å². The first-order valence-corrected chi connectivity index (χ1v) is 8.71. The van der Waals surface area contributed by atoms with E-state index in [-0.39, 0.29) is 17.7 Å². The summed E-state index contributed by atoms with van der Waals surface area (Å²) in [5.41, 5.74) is -0.611. The van der Waals surface area contributed by atoms with E-state index in [0.717, 1.165) is 25.7 Å². The number of hydrogen-bond acceptors (Lipinski definition) is 5. The number of benzene rings is 1. The summed E-state index contributed by atoms with van der Waals surface area (Å²) in [6.07, 6.45) is 4.44. The number of anilines is 1. The number of aliphatic carboxylic acids is 1. The Bertz CT molecular complexity index is 677. The quantitative estimate of drug-likeness (QED) is 0.594. The fourth-order valence-corrected chi connectivity index (χ4v) is 3.41. The lowest BCUT2D eigenvalue weighted by Crippen LogP contribution is -2.35. The Kier molecular flexibility index (Phi) is 6.60. The number of ether oxygens (including phenoxy) is 2. The highest BCUT2D eigenvalue weighted by atomic mass is 16.5. The van der Waals surface area contributed by atoms with Crippen LogP contribution in [0, 0.1) is 5.41 Å². The Labute approximate surface area is 152 Å². The van der Waals surface area contributed by atoms with E-state index in [0.29, 0.717) is 18.6 Å². The minimum Gasteiger partial charge on any atom is -0.497 e. The number of carbonyl (C=O) groups is 3. The molecule has 1 saturated carbocycles. The van der Waals surface area contributed by atoms with E-state index in [1.54, 1.807) is 12.1 Å². The number of hydrogen-bond donors (Lipinski definition) is 2. The molecule has 1 aromatic rings. The van der Waals surface area contributed by atoms with Gasteiger partial charge >= 0.3 is 11.9 Å². The van der Waals surface area contributed by atoms with Gasteiger partial charge in [0.15, 0.2) is 0 Å². The highest BCUT2D eigenvalue weighted by Gasteiger charge is 2.40. The first-order chi connectivity index (χ1) is 12.4. The van der Waals surface area contributed by atoms with E-state index in [2.05, 4.69) is 5.32 Å². The van der Waals surface area contributed by atoms with Gasteiger partial charge in [0.05, 0.1) is 30.9 Å². The lowest BCUT2D eigenvalue weighted by atomic mass is 9.77. The molecule has 7 heteroatoms. The number of nitrogens with one attached hydrogen (secondary N) is 1. The van der Waals surface area contributed by atoms with Crippen LogP contribution >= 0.6 is 0 Å². The zero-order chi connectivity index (χ0) is 19.2. The van der Waals surface area contributed by atoms with Crippen molar-refractivity contribution in [2.24, 2.45) is 5.41 Å². The average molecular weight is 363 g/mol. The van der Waals surface area contributed by atoms with Crippen molar-refractivity contribution in [3.8, 4) is 5.75 Å². The molecule has 0 radical (unpaired) electrons. The molecule has 142 valence electrons. The molecule has 1 aliphatic carbocycles. The molecule has 0 spiro atoms. The maximum atomic E-state index is 12.6. The van der Waals surface area contributed by atoms with Crippen LogP contribution in [0.1, 0.15) is 55.3 Å². The zero-order valence-corrected chi connectivity index (χ0v) is 15.2. The summed E-state index contributed by atoms with van der Waals surface area (Å²) in [5, 5.41) is 12.4. The smallest absolute Gasteiger partial charge is 0.340 e. The minimum atomic E-state index is -1.04. The highest BCUT2D eigenvalue weighted by Crippen LogP contribution is 2.39. The summed E-state index contributed by atoms with van der Waals surface area (Å²) < 4.78 is 9.84. The summed E-state index contributed by atoms with van der Waals surface area (Å²) in [7, 11) is 2.72. The van der Waals surface area contributed by atoms with E-state index in [1.165, 1.54) is 20.3 Å². The van der Waals surface area contributed by atoms with Crippen LogP contribution in [0.15, 0.2) is 18.2 Å². The third kappa shape index (κ3) is 4.53. The summed E-state index contributed by atoms with van der Waals surface area (Å²) in [6.45, 7) is 0. The van der Waals surface area contributed by atoms with Gasteiger partial charge in [0.25, 0.3) is 0 Å². The Morgan fingerprint density at radius 3 is 2.31 bits per heavy atom. The molecule has 1 aliphatic rings. The van der Waals surface area contributed by atoms with Crippen LogP contribution in [0.4, 0.5) is 5.69 Å². The number of esters is 1. The van der Waals surface area contributed by atoms with Crippen molar-refractivity contribution in [3.63, 3.8) is 0 Å². The Morgan fingerprint density at radius 2 is 1.77 bits per heavy atom. The van der Waals surface area contributed by atoms with E-state index >= 15 is 0 Å². The number of amides is 1. The summed E-state index contributed by atoms with van der Waals surface area (Å²) in [5.74, 6) is -1.52. The van der Waals surface area contributed by atoms with Crippen molar-refractivity contribution in [2.45, 2.75) is 44.9 Å². The van der Waals surface area contributed by atoms with Gasteiger partial charge in [0, 0.05) is 6.42 Å². The van der Waals surface area contributed by atoms with Crippen LogP contribution in [-0.4, -0.2) is 37.2 Å². The molecule has 0 atom stereocenters. The standard InChI is InChI=1S/C19H25NO6/c1-25-13-7-8-15(14(11-13)17(22)26-2)20-16(21)12-19(18(23)24)9-5-3-4-6-10-19/h7-8,11H,3-6,9-10,12H2,1-2H3,(H,20,21)(H,23,24). The molecule has 0 unspecified atom stereocenters. The number of carboxylic acid groups (broad SMARTS) is 1. The van der Waals surface area contributed by atoms with Crippen LogP contribution in [0.5, 0.6) is 5.75 Å². The predicted octanol–water partition coefficient (Wildman–Crippen LogP) is 3.24. The van der Waals surface area contributed by atoms with Crippen LogP contribution < -0.4 is 10.1 Å². The molecule has 7 nitrogen and oxygen atoms in total. The third-order valence-electron chi connectivity index (χ3n) is 4.92. The summed E-state index contributed by atoms with van der Waals surface area (Å²) >= 11 is 0. The fourth-order valence-electron chi connectivity index (χ4n) is 3.41. The summed E-state index contributed by atoms with van der Waals surface area (Å²) in [4.78, 5) is 36.4. The molecule has 2 rings (SSSR count). The average Bonchev–Trinajstić information content (AvgIpc) is 2.87. The van der Waals surface area contributed by atoms with E-state index in [9.17, 15) is 19.5 Å². The van der Waals surface area contributed by atoms with Crippen LogP contribution in [0.25, 0.3) is 0 Å². The third-order valence-corrected chi connectivity index (χ3v) is 4.92. The molecular formula is C19H25NO6. The van der Waals surface area contributed by atoms with Crippen molar-refractivity contribution in [3.05, 3.63) is 23.8 Å². The van der Waals surface area contributed by atoms with Gasteiger partial charge < -0.3 is 19.9 Å². The fraction of sp³-hybridized carbons (Fsp3) is 0.526.